The molecule has 3 aromatic carbocycles. The highest BCUT2D eigenvalue weighted by atomic mass is 32.2. The summed E-state index contributed by atoms with van der Waals surface area (Å²) in [5.41, 5.74) is 8.70. The molecule has 5 rings (SSSR count). The highest BCUT2D eigenvalue weighted by Gasteiger charge is 2.33. The Hall–Kier alpha value is -2.32. The largest absolute Gasteiger partial charge is 0.222 e. The number of aromatic nitrogens is 1. The first-order valence-corrected chi connectivity index (χ1v) is 15.0. The van der Waals surface area contributed by atoms with Gasteiger partial charge in [-0.1, -0.05) is 98.3 Å². The Balaban J connectivity index is 1.89. The number of fused-ring (bicyclic) bond motifs is 3. The van der Waals surface area contributed by atoms with Gasteiger partial charge in [-0.05, 0) is 86.9 Å². The molecule has 0 saturated heterocycles. The van der Waals surface area contributed by atoms with Gasteiger partial charge >= 0.3 is 0 Å². The summed E-state index contributed by atoms with van der Waals surface area (Å²) in [6.07, 6.45) is 3.66. The maximum absolute atomic E-state index is 8.95. The normalized spacial score (nSPS) is 14.2. The van der Waals surface area contributed by atoms with Crippen LogP contribution < -0.4 is 4.57 Å². The van der Waals surface area contributed by atoms with Gasteiger partial charge in [-0.3, -0.25) is 0 Å². The number of rotatable bonds is 3. The van der Waals surface area contributed by atoms with Crippen LogP contribution in [0, 0.1) is 23.2 Å². The predicted octanol–water partition coefficient (Wildman–Crippen LogP) is 10.0. The van der Waals surface area contributed by atoms with E-state index in [4.69, 9.17) is 1.37 Å². The summed E-state index contributed by atoms with van der Waals surface area (Å²) in [5, 5.41) is 5.26. The average molecular weight is 526 g/mol. The van der Waals surface area contributed by atoms with E-state index in [0.717, 1.165) is 19.3 Å². The molecule has 0 radical (unpaired) electrons. The van der Waals surface area contributed by atoms with Crippen molar-refractivity contribution >= 4 is 33.3 Å². The second-order valence-corrected chi connectivity index (χ2v) is 16.3. The molecule has 1 aliphatic heterocycles. The molecule has 0 bridgehead atoms. The topological polar surface area (TPSA) is 3.88 Å². The quantitative estimate of drug-likeness (QED) is 0.212. The second kappa shape index (κ2) is 9.12. The minimum atomic E-state index is 0.156. The molecule has 1 aliphatic rings. The van der Waals surface area contributed by atoms with Crippen LogP contribution in [0.2, 0.25) is 0 Å². The van der Waals surface area contributed by atoms with Crippen molar-refractivity contribution in [2.24, 2.45) is 23.3 Å². The lowest BCUT2D eigenvalue weighted by molar-refractivity contribution is -0.659. The minimum Gasteiger partial charge on any atom is -0.200 e. The average Bonchev–Trinajstić information content (AvgIpc) is 2.76. The number of benzene rings is 3. The molecule has 2 heteroatoms. The fourth-order valence-electron chi connectivity index (χ4n) is 6.23. The van der Waals surface area contributed by atoms with Gasteiger partial charge in [0.25, 0.3) is 0 Å². The Bertz CT molecular complexity index is 1620. The second-order valence-electron chi connectivity index (χ2n) is 15.2. The van der Waals surface area contributed by atoms with Crippen LogP contribution in [-0.2, 0) is 26.3 Å². The SMILES string of the molecule is [2H]c1cc2cc(CC(C)(C)C)cc3c2c([n+]1C)-c1c(c(CC(C)(C)C)c2ccc(CC(C)(C)C)cc2c1C)S3. The standard InChI is InChI=1S/C36H46NS/c1-22-27-17-23(19-34(2,3)4)12-13-26(27)28(21-36(8,9)10)33-30(22)32-31-25(14-15-37(32)11)16-24(18-29(31)38-33)20-35(5,6)7/h12-18H,19-21H2,1-11H3/q+1/i15D. The fraction of sp³-hybridized carbons (Fsp3) is 0.472. The summed E-state index contributed by atoms with van der Waals surface area (Å²) in [6.45, 7) is 23.2. The van der Waals surface area contributed by atoms with E-state index in [-0.39, 0.29) is 16.2 Å². The molecule has 1 aromatic heterocycles. The molecule has 0 spiro atoms. The van der Waals surface area contributed by atoms with E-state index in [1.54, 1.807) is 0 Å². The highest BCUT2D eigenvalue weighted by molar-refractivity contribution is 7.99. The van der Waals surface area contributed by atoms with Crippen molar-refractivity contribution in [2.45, 2.75) is 98.3 Å². The van der Waals surface area contributed by atoms with E-state index in [1.165, 1.54) is 64.8 Å². The summed E-state index contributed by atoms with van der Waals surface area (Å²) in [7, 11) is 2.08. The molecule has 0 atom stereocenters. The Morgan fingerprint density at radius 1 is 0.763 bits per heavy atom. The molecular weight excluding hydrogens is 478 g/mol. The lowest BCUT2D eigenvalue weighted by Gasteiger charge is -2.29. The van der Waals surface area contributed by atoms with Gasteiger partial charge in [0.1, 0.15) is 8.42 Å². The zero-order valence-corrected chi connectivity index (χ0v) is 26.3. The molecule has 2 heterocycles. The minimum absolute atomic E-state index is 0.156. The van der Waals surface area contributed by atoms with Crippen LogP contribution in [0.1, 0.15) is 85.9 Å². The number of aryl methyl sites for hydroxylation is 1. The van der Waals surface area contributed by atoms with E-state index in [9.17, 15) is 0 Å². The highest BCUT2D eigenvalue weighted by Crippen LogP contribution is 2.53. The van der Waals surface area contributed by atoms with Crippen LogP contribution in [0.3, 0.4) is 0 Å². The molecule has 200 valence electrons. The molecule has 0 N–H and O–H groups in total. The predicted molar refractivity (Wildman–Crippen MR) is 166 cm³/mol. The van der Waals surface area contributed by atoms with E-state index >= 15 is 0 Å². The third-order valence-corrected chi connectivity index (χ3v) is 8.69. The van der Waals surface area contributed by atoms with E-state index in [0.29, 0.717) is 6.17 Å². The van der Waals surface area contributed by atoms with Gasteiger partial charge in [-0.25, -0.2) is 4.57 Å². The van der Waals surface area contributed by atoms with Gasteiger partial charge in [0, 0.05) is 15.9 Å². The van der Waals surface area contributed by atoms with E-state index in [2.05, 4.69) is 117 Å². The molecule has 0 fully saturated rings. The van der Waals surface area contributed by atoms with Crippen LogP contribution >= 0.6 is 11.8 Å². The lowest BCUT2D eigenvalue weighted by atomic mass is 9.81. The van der Waals surface area contributed by atoms with Crippen LogP contribution in [0.5, 0.6) is 0 Å². The van der Waals surface area contributed by atoms with Crippen LogP contribution in [0.15, 0.2) is 52.4 Å². The lowest BCUT2D eigenvalue weighted by Crippen LogP contribution is -2.32. The fourth-order valence-corrected chi connectivity index (χ4v) is 7.63. The van der Waals surface area contributed by atoms with Crippen molar-refractivity contribution in [1.29, 1.82) is 0 Å². The molecule has 1 nitrogen and oxygen atoms in total. The summed E-state index contributed by atoms with van der Waals surface area (Å²) in [5.74, 6) is 0. The smallest absolute Gasteiger partial charge is 0.200 e. The zero-order chi connectivity index (χ0) is 28.7. The Morgan fingerprint density at radius 2 is 1.39 bits per heavy atom. The van der Waals surface area contributed by atoms with Gasteiger partial charge in [0.15, 0.2) is 6.17 Å². The molecular formula is C36H46NS+. The van der Waals surface area contributed by atoms with Gasteiger partial charge in [-0.15, -0.1) is 0 Å². The van der Waals surface area contributed by atoms with Crippen molar-refractivity contribution in [3.63, 3.8) is 0 Å². The monoisotopic (exact) mass is 525 g/mol. The summed E-state index contributed by atoms with van der Waals surface area (Å²) < 4.78 is 11.1. The van der Waals surface area contributed by atoms with Crippen LogP contribution in [0.25, 0.3) is 32.8 Å². The van der Waals surface area contributed by atoms with Gasteiger partial charge in [0.05, 0.1) is 10.9 Å². The Kier molecular flexibility index (Phi) is 6.22. The van der Waals surface area contributed by atoms with Crippen molar-refractivity contribution < 1.29 is 5.94 Å². The van der Waals surface area contributed by atoms with Gasteiger partial charge in [-0.2, -0.15) is 0 Å². The summed E-state index contributed by atoms with van der Waals surface area (Å²) in [4.78, 5) is 2.73. The first-order chi connectivity index (χ1) is 17.9. The Morgan fingerprint density at radius 3 is 2.03 bits per heavy atom. The van der Waals surface area contributed by atoms with Crippen molar-refractivity contribution in [3.05, 3.63) is 64.8 Å². The summed E-state index contributed by atoms with van der Waals surface area (Å²) in [6, 6.07) is 14.0. The van der Waals surface area contributed by atoms with Crippen molar-refractivity contribution in [2.75, 3.05) is 0 Å². The molecule has 38 heavy (non-hydrogen) atoms. The number of hydrogen-bond acceptors (Lipinski definition) is 1. The summed E-state index contributed by atoms with van der Waals surface area (Å²) >= 11 is 1.97. The Labute approximate surface area is 236 Å². The van der Waals surface area contributed by atoms with Crippen LogP contribution in [-0.4, -0.2) is 0 Å². The third-order valence-electron chi connectivity index (χ3n) is 7.49. The molecule has 0 aliphatic carbocycles. The third kappa shape index (κ3) is 5.26. The first kappa shape index (κ1) is 25.9. The van der Waals surface area contributed by atoms with Crippen LogP contribution in [0.4, 0.5) is 0 Å². The number of nitrogens with zero attached hydrogens (tertiary/aromatic N) is 1. The molecule has 4 aromatic rings. The maximum atomic E-state index is 8.95. The molecule has 0 amide bonds. The van der Waals surface area contributed by atoms with E-state index < -0.39 is 0 Å². The zero-order valence-electron chi connectivity index (χ0n) is 26.4. The van der Waals surface area contributed by atoms with E-state index in [1.807, 2.05) is 11.8 Å². The van der Waals surface area contributed by atoms with Crippen molar-refractivity contribution in [3.8, 4) is 11.3 Å². The molecule has 0 saturated carbocycles. The number of hydrogen-bond donors (Lipinski definition) is 0. The maximum Gasteiger partial charge on any atom is 0.222 e. The van der Waals surface area contributed by atoms with Gasteiger partial charge < -0.3 is 0 Å². The first-order valence-electron chi connectivity index (χ1n) is 14.6. The van der Waals surface area contributed by atoms with Gasteiger partial charge in [0.2, 0.25) is 5.69 Å². The number of pyridine rings is 1. The van der Waals surface area contributed by atoms with Crippen molar-refractivity contribution in [1.82, 2.24) is 0 Å². The molecule has 0 unspecified atom stereocenters.